The van der Waals surface area contributed by atoms with E-state index in [0.717, 1.165) is 18.7 Å². The number of hydrogen-bond donors (Lipinski definition) is 2. The van der Waals surface area contributed by atoms with Crippen molar-refractivity contribution in [2.45, 2.75) is 12.8 Å². The summed E-state index contributed by atoms with van der Waals surface area (Å²) in [6.45, 7) is 1.33. The highest BCUT2D eigenvalue weighted by atomic mass is 16.5. The third-order valence-corrected chi connectivity index (χ3v) is 3.88. The van der Waals surface area contributed by atoms with Crippen molar-refractivity contribution >= 4 is 17.6 Å². The molecule has 0 saturated carbocycles. The monoisotopic (exact) mass is 356 g/mol. The van der Waals surface area contributed by atoms with Crippen molar-refractivity contribution in [3.05, 3.63) is 59.7 Å². The summed E-state index contributed by atoms with van der Waals surface area (Å²) in [7, 11) is 2.96. The first-order valence-corrected chi connectivity index (χ1v) is 8.45. The zero-order chi connectivity index (χ0) is 18.8. The van der Waals surface area contributed by atoms with Crippen LogP contribution >= 0.6 is 0 Å². The number of carbonyl (C=O) groups is 2. The Bertz CT molecular complexity index is 729. The zero-order valence-corrected chi connectivity index (χ0v) is 15.1. The minimum atomic E-state index is -0.474. The Morgan fingerprint density at radius 2 is 1.69 bits per heavy atom. The van der Waals surface area contributed by atoms with Crippen LogP contribution in [-0.2, 0) is 16.0 Å². The fourth-order valence-electron chi connectivity index (χ4n) is 2.44. The maximum Gasteiger partial charge on any atom is 0.339 e. The Hall–Kier alpha value is -2.86. The molecule has 2 N–H and O–H groups in total. The van der Waals surface area contributed by atoms with Crippen LogP contribution in [0.2, 0.25) is 0 Å². The largest absolute Gasteiger partial charge is 0.497 e. The third kappa shape index (κ3) is 5.89. The van der Waals surface area contributed by atoms with E-state index in [4.69, 9.17) is 9.47 Å². The lowest BCUT2D eigenvalue weighted by atomic mass is 10.1. The predicted octanol–water partition coefficient (Wildman–Crippen LogP) is 2.64. The molecule has 0 radical (unpaired) electrons. The summed E-state index contributed by atoms with van der Waals surface area (Å²) in [6.07, 6.45) is 1.19. The van der Waals surface area contributed by atoms with Crippen LogP contribution in [0.25, 0.3) is 0 Å². The summed E-state index contributed by atoms with van der Waals surface area (Å²) in [5.41, 5.74) is 2.01. The second-order valence-corrected chi connectivity index (χ2v) is 5.68. The molecule has 6 nitrogen and oxygen atoms in total. The third-order valence-electron chi connectivity index (χ3n) is 3.88. The molecule has 0 heterocycles. The first-order chi connectivity index (χ1) is 12.6. The summed E-state index contributed by atoms with van der Waals surface area (Å²) in [4.78, 5) is 23.8. The van der Waals surface area contributed by atoms with Gasteiger partial charge in [0.25, 0.3) is 0 Å². The van der Waals surface area contributed by atoms with E-state index < -0.39 is 5.97 Å². The van der Waals surface area contributed by atoms with Gasteiger partial charge in [-0.15, -0.1) is 0 Å². The van der Waals surface area contributed by atoms with Gasteiger partial charge in [0.15, 0.2) is 0 Å². The minimum Gasteiger partial charge on any atom is -0.497 e. The molecule has 0 atom stereocenters. The van der Waals surface area contributed by atoms with E-state index in [1.54, 1.807) is 31.4 Å². The number of ether oxygens (including phenoxy) is 2. The molecule has 138 valence electrons. The van der Waals surface area contributed by atoms with Gasteiger partial charge in [-0.2, -0.15) is 0 Å². The van der Waals surface area contributed by atoms with Gasteiger partial charge in [-0.3, -0.25) is 4.79 Å². The number of benzene rings is 2. The van der Waals surface area contributed by atoms with Gasteiger partial charge in [0.05, 0.1) is 25.5 Å². The lowest BCUT2D eigenvalue weighted by Crippen LogP contribution is -2.24. The highest BCUT2D eigenvalue weighted by molar-refractivity contribution is 6.01. The normalized spacial score (nSPS) is 10.2. The average molecular weight is 356 g/mol. The van der Waals surface area contributed by atoms with Gasteiger partial charge in [-0.05, 0) is 42.8 Å². The van der Waals surface area contributed by atoms with Gasteiger partial charge in [-0.25, -0.2) is 4.79 Å². The van der Waals surface area contributed by atoms with Gasteiger partial charge in [0.1, 0.15) is 5.75 Å². The number of anilines is 1. The fourth-order valence-corrected chi connectivity index (χ4v) is 2.44. The van der Waals surface area contributed by atoms with Crippen LogP contribution in [0.4, 0.5) is 5.69 Å². The molecule has 0 aliphatic heterocycles. The van der Waals surface area contributed by atoms with Crippen LogP contribution in [0.15, 0.2) is 48.5 Å². The smallest absolute Gasteiger partial charge is 0.339 e. The highest BCUT2D eigenvalue weighted by Crippen LogP contribution is 2.16. The Balaban J connectivity index is 1.71. The SMILES string of the molecule is COC(=O)c1ccccc1NC(=O)CCNCCc1ccc(OC)cc1. The molecule has 0 saturated heterocycles. The van der Waals surface area contributed by atoms with Crippen molar-refractivity contribution < 1.29 is 19.1 Å². The van der Waals surface area contributed by atoms with Crippen LogP contribution in [0, 0.1) is 0 Å². The molecule has 0 unspecified atom stereocenters. The average Bonchev–Trinajstić information content (AvgIpc) is 2.68. The zero-order valence-electron chi connectivity index (χ0n) is 15.1. The quantitative estimate of drug-likeness (QED) is 0.534. The van der Waals surface area contributed by atoms with Crippen LogP contribution in [0.3, 0.4) is 0 Å². The summed E-state index contributed by atoms with van der Waals surface area (Å²) in [5, 5.41) is 6.00. The van der Waals surface area contributed by atoms with Crippen LogP contribution in [-0.4, -0.2) is 39.2 Å². The molecule has 1 amide bonds. The molecule has 26 heavy (non-hydrogen) atoms. The van der Waals surface area contributed by atoms with Crippen molar-refractivity contribution in [1.29, 1.82) is 0 Å². The Morgan fingerprint density at radius 3 is 2.38 bits per heavy atom. The molecule has 0 bridgehead atoms. The number of rotatable bonds is 9. The lowest BCUT2D eigenvalue weighted by Gasteiger charge is -2.10. The van der Waals surface area contributed by atoms with E-state index in [1.807, 2.05) is 24.3 Å². The van der Waals surface area contributed by atoms with Gasteiger partial charge in [0, 0.05) is 13.0 Å². The van der Waals surface area contributed by atoms with Gasteiger partial charge >= 0.3 is 5.97 Å². The van der Waals surface area contributed by atoms with E-state index in [-0.39, 0.29) is 5.91 Å². The summed E-state index contributed by atoms with van der Waals surface area (Å²) in [6, 6.07) is 14.7. The van der Waals surface area contributed by atoms with Crippen molar-refractivity contribution in [1.82, 2.24) is 5.32 Å². The minimum absolute atomic E-state index is 0.154. The van der Waals surface area contributed by atoms with Gasteiger partial charge in [-0.1, -0.05) is 24.3 Å². The number of carbonyl (C=O) groups excluding carboxylic acids is 2. The Morgan fingerprint density at radius 1 is 0.962 bits per heavy atom. The van der Waals surface area contributed by atoms with Crippen molar-refractivity contribution in [3.8, 4) is 5.75 Å². The summed E-state index contributed by atoms with van der Waals surface area (Å²) < 4.78 is 9.85. The number of methoxy groups -OCH3 is 2. The predicted molar refractivity (Wildman–Crippen MR) is 101 cm³/mol. The molecule has 2 rings (SSSR count). The summed E-state index contributed by atoms with van der Waals surface area (Å²) >= 11 is 0. The molecule has 0 aromatic heterocycles. The van der Waals surface area contributed by atoms with E-state index in [1.165, 1.54) is 12.7 Å². The number of para-hydroxylation sites is 1. The van der Waals surface area contributed by atoms with Crippen LogP contribution in [0.5, 0.6) is 5.75 Å². The Kier molecular flexibility index (Phi) is 7.64. The number of amides is 1. The molecule has 0 aliphatic rings. The molecule has 2 aromatic carbocycles. The standard InChI is InChI=1S/C20H24N2O4/c1-25-16-9-7-15(8-10-16)11-13-21-14-12-19(23)22-18-6-4-3-5-17(18)20(24)26-2/h3-10,21H,11-14H2,1-2H3,(H,22,23). The molecular formula is C20H24N2O4. The first kappa shape index (κ1) is 19.5. The van der Waals surface area contributed by atoms with Crippen molar-refractivity contribution in [2.24, 2.45) is 0 Å². The van der Waals surface area contributed by atoms with E-state index >= 15 is 0 Å². The second-order valence-electron chi connectivity index (χ2n) is 5.68. The van der Waals surface area contributed by atoms with Gasteiger partial charge in [0.2, 0.25) is 5.91 Å². The summed E-state index contributed by atoms with van der Waals surface area (Å²) in [5.74, 6) is 0.211. The van der Waals surface area contributed by atoms with E-state index in [0.29, 0.717) is 24.2 Å². The van der Waals surface area contributed by atoms with E-state index in [2.05, 4.69) is 10.6 Å². The second kappa shape index (κ2) is 10.2. The number of nitrogens with one attached hydrogen (secondary N) is 2. The number of hydrogen-bond acceptors (Lipinski definition) is 5. The molecule has 0 aliphatic carbocycles. The topological polar surface area (TPSA) is 76.7 Å². The fraction of sp³-hybridized carbons (Fsp3) is 0.300. The maximum atomic E-state index is 12.1. The Labute approximate surface area is 153 Å². The molecule has 0 spiro atoms. The van der Waals surface area contributed by atoms with Gasteiger partial charge < -0.3 is 20.1 Å². The molecule has 6 heteroatoms. The van der Waals surface area contributed by atoms with Crippen LogP contribution < -0.4 is 15.4 Å². The first-order valence-electron chi connectivity index (χ1n) is 8.45. The lowest BCUT2D eigenvalue weighted by molar-refractivity contribution is -0.116. The van der Waals surface area contributed by atoms with E-state index in [9.17, 15) is 9.59 Å². The van der Waals surface area contributed by atoms with Crippen LogP contribution in [0.1, 0.15) is 22.3 Å². The highest BCUT2D eigenvalue weighted by Gasteiger charge is 2.12. The van der Waals surface area contributed by atoms with Crippen molar-refractivity contribution in [3.63, 3.8) is 0 Å². The van der Waals surface area contributed by atoms with Crippen molar-refractivity contribution in [2.75, 3.05) is 32.6 Å². The molecule has 0 fully saturated rings. The molecular weight excluding hydrogens is 332 g/mol. The maximum absolute atomic E-state index is 12.1. The molecule has 2 aromatic rings. The number of esters is 1.